The molecule has 0 spiro atoms. The number of nitrogens with zero attached hydrogens (tertiary/aromatic N) is 1. The second kappa shape index (κ2) is 9.50. The maximum Gasteiger partial charge on any atom is 0.264 e. The van der Waals surface area contributed by atoms with E-state index in [1.54, 1.807) is 4.90 Å². The standard InChI is InChI=1S/C16H27N3O4/c20-14(11-19-10-6-2-5-9-16(19)22)17-18-15(21)12-23-13-7-3-1-4-8-13/h13H,1-12H2,(H,17,20)(H,18,21). The molecule has 7 nitrogen and oxygen atoms in total. The quantitative estimate of drug-likeness (QED) is 0.735. The molecule has 0 aromatic carbocycles. The predicted molar refractivity (Wildman–Crippen MR) is 84.2 cm³/mol. The monoisotopic (exact) mass is 325 g/mol. The van der Waals surface area contributed by atoms with E-state index < -0.39 is 0 Å². The summed E-state index contributed by atoms with van der Waals surface area (Å²) in [6.45, 7) is 0.543. The van der Waals surface area contributed by atoms with E-state index in [4.69, 9.17) is 4.74 Å². The van der Waals surface area contributed by atoms with Crippen LogP contribution in [0.3, 0.4) is 0 Å². The second-order valence-corrected chi connectivity index (χ2v) is 6.29. The molecular weight excluding hydrogens is 298 g/mol. The molecule has 1 saturated heterocycles. The number of nitrogens with one attached hydrogen (secondary N) is 2. The molecule has 0 unspecified atom stereocenters. The molecule has 23 heavy (non-hydrogen) atoms. The van der Waals surface area contributed by atoms with E-state index in [-0.39, 0.29) is 37.0 Å². The molecule has 0 radical (unpaired) electrons. The average Bonchev–Trinajstić information content (AvgIpc) is 2.77. The molecule has 0 aromatic heterocycles. The normalized spacial score (nSPS) is 20.0. The number of carbonyl (C=O) groups excluding carboxylic acids is 3. The number of hydrazine groups is 1. The summed E-state index contributed by atoms with van der Waals surface area (Å²) in [6, 6.07) is 0. The number of ether oxygens (including phenoxy) is 1. The van der Waals surface area contributed by atoms with Crippen LogP contribution in [-0.2, 0) is 19.1 Å². The minimum Gasteiger partial charge on any atom is -0.368 e. The van der Waals surface area contributed by atoms with Crippen molar-refractivity contribution in [3.8, 4) is 0 Å². The van der Waals surface area contributed by atoms with Crippen LogP contribution in [0.4, 0.5) is 0 Å². The van der Waals surface area contributed by atoms with Crippen LogP contribution >= 0.6 is 0 Å². The zero-order valence-corrected chi connectivity index (χ0v) is 13.6. The molecule has 1 aliphatic carbocycles. The van der Waals surface area contributed by atoms with Gasteiger partial charge in [-0.25, -0.2) is 0 Å². The van der Waals surface area contributed by atoms with Gasteiger partial charge in [0.2, 0.25) is 5.91 Å². The van der Waals surface area contributed by atoms with Gasteiger partial charge < -0.3 is 9.64 Å². The van der Waals surface area contributed by atoms with Crippen molar-refractivity contribution in [3.63, 3.8) is 0 Å². The van der Waals surface area contributed by atoms with E-state index in [1.165, 1.54) is 6.42 Å². The number of likely N-dealkylation sites (tertiary alicyclic amines) is 1. The molecule has 0 atom stereocenters. The fourth-order valence-electron chi connectivity index (χ4n) is 3.02. The Morgan fingerprint density at radius 3 is 2.48 bits per heavy atom. The first-order chi connectivity index (χ1) is 11.1. The molecule has 3 amide bonds. The van der Waals surface area contributed by atoms with Crippen molar-refractivity contribution in [2.24, 2.45) is 0 Å². The molecule has 0 aromatic rings. The molecular formula is C16H27N3O4. The van der Waals surface area contributed by atoms with Gasteiger partial charge in [-0.1, -0.05) is 25.7 Å². The SMILES string of the molecule is O=C(COC1CCCCC1)NNC(=O)CN1CCCCCC1=O. The Bertz CT molecular complexity index is 422. The van der Waals surface area contributed by atoms with Crippen LogP contribution in [0.2, 0.25) is 0 Å². The molecule has 1 heterocycles. The van der Waals surface area contributed by atoms with Gasteiger partial charge >= 0.3 is 0 Å². The van der Waals surface area contributed by atoms with Gasteiger partial charge in [-0.15, -0.1) is 0 Å². The Balaban J connectivity index is 1.61. The van der Waals surface area contributed by atoms with Crippen molar-refractivity contribution in [3.05, 3.63) is 0 Å². The number of hydrogen-bond donors (Lipinski definition) is 2. The van der Waals surface area contributed by atoms with Crippen molar-refractivity contribution in [1.82, 2.24) is 15.8 Å². The second-order valence-electron chi connectivity index (χ2n) is 6.29. The van der Waals surface area contributed by atoms with E-state index in [9.17, 15) is 14.4 Å². The summed E-state index contributed by atoms with van der Waals surface area (Å²) in [7, 11) is 0. The van der Waals surface area contributed by atoms with Crippen molar-refractivity contribution in [2.75, 3.05) is 19.7 Å². The molecule has 2 rings (SSSR count). The lowest BCUT2D eigenvalue weighted by atomic mass is 9.98. The lowest BCUT2D eigenvalue weighted by molar-refractivity contribution is -0.137. The summed E-state index contributed by atoms with van der Waals surface area (Å²) < 4.78 is 5.53. The van der Waals surface area contributed by atoms with Crippen LogP contribution < -0.4 is 10.9 Å². The Kier molecular flexibility index (Phi) is 7.32. The number of amides is 3. The van der Waals surface area contributed by atoms with Crippen molar-refractivity contribution in [2.45, 2.75) is 63.9 Å². The lowest BCUT2D eigenvalue weighted by Crippen LogP contribution is -2.48. The van der Waals surface area contributed by atoms with Gasteiger partial charge in [-0.05, 0) is 25.7 Å². The maximum atomic E-state index is 11.8. The smallest absolute Gasteiger partial charge is 0.264 e. The Morgan fingerprint density at radius 1 is 1.00 bits per heavy atom. The molecule has 0 bridgehead atoms. The summed E-state index contributed by atoms with van der Waals surface area (Å²) in [5.41, 5.74) is 4.69. The third kappa shape index (κ3) is 6.56. The Morgan fingerprint density at radius 2 is 1.70 bits per heavy atom. The molecule has 1 saturated carbocycles. The summed E-state index contributed by atoms with van der Waals surface area (Å²) in [4.78, 5) is 36.8. The van der Waals surface area contributed by atoms with Crippen LogP contribution in [0, 0.1) is 0 Å². The molecule has 2 aliphatic rings. The van der Waals surface area contributed by atoms with Gasteiger partial charge in [0.05, 0.1) is 6.10 Å². The zero-order valence-electron chi connectivity index (χ0n) is 13.6. The van der Waals surface area contributed by atoms with Gasteiger partial charge in [-0.3, -0.25) is 25.2 Å². The minimum absolute atomic E-state index is 0.00427. The van der Waals surface area contributed by atoms with Gasteiger partial charge in [0.15, 0.2) is 0 Å². The predicted octanol–water partition coefficient (Wildman–Crippen LogP) is 0.886. The highest BCUT2D eigenvalue weighted by Crippen LogP contribution is 2.19. The molecule has 7 heteroatoms. The van der Waals surface area contributed by atoms with Crippen molar-refractivity contribution in [1.29, 1.82) is 0 Å². The average molecular weight is 325 g/mol. The third-order valence-electron chi connectivity index (χ3n) is 4.35. The van der Waals surface area contributed by atoms with Crippen LogP contribution in [0.15, 0.2) is 0 Å². The van der Waals surface area contributed by atoms with Gasteiger partial charge in [0.25, 0.3) is 11.8 Å². The van der Waals surface area contributed by atoms with Gasteiger partial charge in [-0.2, -0.15) is 0 Å². The number of hydrogen-bond acceptors (Lipinski definition) is 4. The van der Waals surface area contributed by atoms with E-state index in [2.05, 4.69) is 10.9 Å². The van der Waals surface area contributed by atoms with E-state index >= 15 is 0 Å². The summed E-state index contributed by atoms with van der Waals surface area (Å²) in [5, 5.41) is 0. The first-order valence-electron chi connectivity index (χ1n) is 8.62. The van der Waals surface area contributed by atoms with Crippen molar-refractivity contribution >= 4 is 17.7 Å². The van der Waals surface area contributed by atoms with Crippen LogP contribution in [0.1, 0.15) is 57.8 Å². The highest BCUT2D eigenvalue weighted by atomic mass is 16.5. The maximum absolute atomic E-state index is 11.8. The molecule has 130 valence electrons. The van der Waals surface area contributed by atoms with Gasteiger partial charge in [0, 0.05) is 13.0 Å². The van der Waals surface area contributed by atoms with Crippen LogP contribution in [0.25, 0.3) is 0 Å². The Labute approximate surface area is 137 Å². The molecule has 1 aliphatic heterocycles. The fraction of sp³-hybridized carbons (Fsp3) is 0.812. The highest BCUT2D eigenvalue weighted by Gasteiger charge is 2.19. The minimum atomic E-state index is -0.383. The first-order valence-corrected chi connectivity index (χ1v) is 8.62. The van der Waals surface area contributed by atoms with E-state index in [0.29, 0.717) is 13.0 Å². The topological polar surface area (TPSA) is 87.7 Å². The summed E-state index contributed by atoms with van der Waals surface area (Å²) in [6.07, 6.45) is 8.98. The lowest BCUT2D eigenvalue weighted by Gasteiger charge is -2.22. The van der Waals surface area contributed by atoms with E-state index in [0.717, 1.165) is 44.9 Å². The highest BCUT2D eigenvalue weighted by molar-refractivity contribution is 5.87. The Hall–Kier alpha value is -1.63. The third-order valence-corrected chi connectivity index (χ3v) is 4.35. The molecule has 2 N–H and O–H groups in total. The van der Waals surface area contributed by atoms with Crippen LogP contribution in [-0.4, -0.2) is 48.4 Å². The van der Waals surface area contributed by atoms with Crippen LogP contribution in [0.5, 0.6) is 0 Å². The number of rotatable bonds is 5. The first kappa shape index (κ1) is 17.7. The molecule has 2 fully saturated rings. The summed E-state index contributed by atoms with van der Waals surface area (Å²) >= 11 is 0. The summed E-state index contributed by atoms with van der Waals surface area (Å²) in [5.74, 6) is -0.748. The van der Waals surface area contributed by atoms with Crippen molar-refractivity contribution < 1.29 is 19.1 Å². The largest absolute Gasteiger partial charge is 0.368 e. The zero-order chi connectivity index (χ0) is 16.5. The van der Waals surface area contributed by atoms with Gasteiger partial charge in [0.1, 0.15) is 13.2 Å². The number of carbonyl (C=O) groups is 3. The fourth-order valence-corrected chi connectivity index (χ4v) is 3.02. The van der Waals surface area contributed by atoms with E-state index in [1.807, 2.05) is 0 Å².